The minimum Gasteiger partial charge on any atom is -0.388 e. The second kappa shape index (κ2) is 7.27. The van der Waals surface area contributed by atoms with Crippen molar-refractivity contribution in [1.82, 2.24) is 10.2 Å². The molecule has 2 heterocycles. The summed E-state index contributed by atoms with van der Waals surface area (Å²) in [7, 11) is 0. The van der Waals surface area contributed by atoms with Gasteiger partial charge in [0, 0.05) is 11.5 Å². The third kappa shape index (κ3) is 4.03. The van der Waals surface area contributed by atoms with Gasteiger partial charge in [-0.2, -0.15) is 13.2 Å². The lowest BCUT2D eigenvalue weighted by molar-refractivity contribution is -0.196. The molecule has 1 aliphatic heterocycles. The average molecular weight is 408 g/mol. The van der Waals surface area contributed by atoms with Gasteiger partial charge in [-0.15, -0.1) is 17.5 Å². The lowest BCUT2D eigenvalue weighted by atomic mass is 9.98. The highest BCUT2D eigenvalue weighted by atomic mass is 35.5. The summed E-state index contributed by atoms with van der Waals surface area (Å²) in [6, 6.07) is 3.35. The first kappa shape index (κ1) is 19.9. The first-order chi connectivity index (χ1) is 12.3. The van der Waals surface area contributed by atoms with E-state index in [1.807, 2.05) is 0 Å². The molecule has 7 nitrogen and oxygen atoms in total. The topological polar surface area (TPSA) is 103 Å². The average Bonchev–Trinajstić information content (AvgIpc) is 3.27. The van der Waals surface area contributed by atoms with E-state index in [2.05, 4.69) is 10.2 Å². The Kier molecular flexibility index (Phi) is 5.35. The normalized spacial score (nSPS) is 27.9. The fraction of sp³-hybridized carbons (Fsp3) is 0.500. The number of aromatic amines is 1. The summed E-state index contributed by atoms with van der Waals surface area (Å²) in [5.41, 5.74) is 5.38. The maximum Gasteiger partial charge on any atom is 0.434 e. The molecular formula is C16H17ClF3N3O4. The molecule has 1 saturated heterocycles. The van der Waals surface area contributed by atoms with Crippen molar-refractivity contribution in [1.29, 1.82) is 0 Å². The number of ether oxygens (including phenoxy) is 2. The number of nitrogens with two attached hydrogens (primary N) is 1. The van der Waals surface area contributed by atoms with E-state index >= 15 is 0 Å². The van der Waals surface area contributed by atoms with Gasteiger partial charge in [-0.25, -0.2) is 9.89 Å². The summed E-state index contributed by atoms with van der Waals surface area (Å²) in [6.07, 6.45) is -4.55. The maximum absolute atomic E-state index is 13.4. The van der Waals surface area contributed by atoms with Gasteiger partial charge in [0.25, 0.3) is 0 Å². The first-order valence-corrected chi connectivity index (χ1v) is 8.08. The zero-order chi connectivity index (χ0) is 18.5. The Labute approximate surface area is 157 Å². The largest absolute Gasteiger partial charge is 0.434 e. The Balaban J connectivity index is 0.00000210. The van der Waals surface area contributed by atoms with Crippen LogP contribution >= 0.6 is 12.4 Å². The van der Waals surface area contributed by atoms with Crippen molar-refractivity contribution in [3.63, 3.8) is 0 Å². The van der Waals surface area contributed by atoms with E-state index in [-0.39, 0.29) is 41.7 Å². The Hall–Kier alpha value is -1.88. The van der Waals surface area contributed by atoms with Gasteiger partial charge in [0.05, 0.1) is 24.8 Å². The lowest BCUT2D eigenvalue weighted by Crippen LogP contribution is -2.42. The molecule has 11 heteroatoms. The molecule has 0 spiro atoms. The standard InChI is InChI=1S/C16H16F3N3O4.ClH/c17-16(18,19)12-2-1-7(13-21-22-15(23)26-13)3-10(12)9-4-11(9)14-24-5-8(20)6-25-14;/h1-3,8-9,11,14H,4-6,20H2,(H,22,23);1H/t8-,9?,11?,14-;. The first-order valence-electron chi connectivity index (χ1n) is 8.08. The molecule has 2 atom stereocenters. The predicted octanol–water partition coefficient (Wildman–Crippen LogP) is 2.27. The quantitative estimate of drug-likeness (QED) is 0.809. The Morgan fingerprint density at radius 2 is 1.93 bits per heavy atom. The van der Waals surface area contributed by atoms with Crippen LogP contribution in [0.4, 0.5) is 13.2 Å². The molecule has 4 rings (SSSR count). The smallest absolute Gasteiger partial charge is 0.388 e. The van der Waals surface area contributed by atoms with Crippen molar-refractivity contribution in [2.75, 3.05) is 13.2 Å². The minimum atomic E-state index is -4.50. The number of alkyl halides is 3. The molecule has 1 aromatic carbocycles. The van der Waals surface area contributed by atoms with E-state index in [1.54, 1.807) is 0 Å². The zero-order valence-electron chi connectivity index (χ0n) is 13.9. The molecule has 1 aliphatic carbocycles. The Morgan fingerprint density at radius 3 is 2.52 bits per heavy atom. The number of rotatable bonds is 3. The van der Waals surface area contributed by atoms with Crippen molar-refractivity contribution in [3.05, 3.63) is 39.9 Å². The summed E-state index contributed by atoms with van der Waals surface area (Å²) in [5, 5.41) is 5.76. The van der Waals surface area contributed by atoms with Gasteiger partial charge in [0.15, 0.2) is 6.29 Å². The van der Waals surface area contributed by atoms with Crippen LogP contribution in [0.3, 0.4) is 0 Å². The fourth-order valence-electron chi connectivity index (χ4n) is 3.27. The second-order valence-electron chi connectivity index (χ2n) is 6.52. The number of benzene rings is 1. The highest BCUT2D eigenvalue weighted by molar-refractivity contribution is 5.85. The van der Waals surface area contributed by atoms with E-state index < -0.39 is 23.8 Å². The van der Waals surface area contributed by atoms with Gasteiger partial charge in [0.1, 0.15) is 0 Å². The van der Waals surface area contributed by atoms with Gasteiger partial charge in [-0.05, 0) is 36.1 Å². The second-order valence-corrected chi connectivity index (χ2v) is 6.52. The summed E-state index contributed by atoms with van der Waals surface area (Å²) < 4.78 is 56.1. The van der Waals surface area contributed by atoms with Crippen molar-refractivity contribution in [2.45, 2.75) is 30.8 Å². The predicted molar refractivity (Wildman–Crippen MR) is 89.3 cm³/mol. The van der Waals surface area contributed by atoms with Crippen molar-refractivity contribution in [3.8, 4) is 11.5 Å². The molecule has 3 N–H and O–H groups in total. The summed E-state index contributed by atoms with van der Waals surface area (Å²) in [4.78, 5) is 11.1. The van der Waals surface area contributed by atoms with Crippen molar-refractivity contribution < 1.29 is 27.1 Å². The number of hydrogen-bond donors (Lipinski definition) is 2. The zero-order valence-corrected chi connectivity index (χ0v) is 14.7. The summed E-state index contributed by atoms with van der Waals surface area (Å²) >= 11 is 0. The van der Waals surface area contributed by atoms with E-state index in [4.69, 9.17) is 19.6 Å². The third-order valence-corrected chi connectivity index (χ3v) is 4.58. The molecule has 0 amide bonds. The van der Waals surface area contributed by atoms with Gasteiger partial charge >= 0.3 is 11.9 Å². The van der Waals surface area contributed by atoms with Crippen LogP contribution in [0.15, 0.2) is 27.4 Å². The van der Waals surface area contributed by atoms with Crippen LogP contribution in [0.1, 0.15) is 23.5 Å². The Morgan fingerprint density at radius 1 is 1.22 bits per heavy atom. The highest BCUT2D eigenvalue weighted by Crippen LogP contribution is 2.54. The van der Waals surface area contributed by atoms with E-state index in [9.17, 15) is 18.0 Å². The molecule has 0 radical (unpaired) electrons. The van der Waals surface area contributed by atoms with E-state index in [1.165, 1.54) is 12.1 Å². The van der Waals surface area contributed by atoms with Crippen LogP contribution in [0.2, 0.25) is 0 Å². The summed E-state index contributed by atoms with van der Waals surface area (Å²) in [6.45, 7) is 0.636. The molecule has 148 valence electrons. The number of nitrogens with one attached hydrogen (secondary N) is 1. The van der Waals surface area contributed by atoms with Crippen LogP contribution in [-0.4, -0.2) is 35.7 Å². The van der Waals surface area contributed by atoms with E-state index in [0.29, 0.717) is 25.2 Å². The molecule has 2 unspecified atom stereocenters. The van der Waals surface area contributed by atoms with Crippen molar-refractivity contribution >= 4 is 12.4 Å². The number of aromatic nitrogens is 2. The maximum atomic E-state index is 13.4. The summed E-state index contributed by atoms with van der Waals surface area (Å²) in [5.74, 6) is -1.37. The third-order valence-electron chi connectivity index (χ3n) is 4.58. The molecule has 27 heavy (non-hydrogen) atoms. The SMILES string of the molecule is Cl.N[C@H]1CO[C@H](C2CC2c2cc(-c3n[nH]c(=O)o3)ccc2C(F)(F)F)OC1. The Bertz CT molecular complexity index is 861. The molecule has 0 bridgehead atoms. The number of halogens is 4. The van der Waals surface area contributed by atoms with Crippen LogP contribution in [-0.2, 0) is 15.7 Å². The molecule has 2 aliphatic rings. The fourth-order valence-corrected chi connectivity index (χ4v) is 3.27. The molecule has 1 saturated carbocycles. The molecule has 2 fully saturated rings. The van der Waals surface area contributed by atoms with Gasteiger partial charge < -0.3 is 19.6 Å². The highest BCUT2D eigenvalue weighted by Gasteiger charge is 2.49. The lowest BCUT2D eigenvalue weighted by Gasteiger charge is -2.27. The van der Waals surface area contributed by atoms with Crippen LogP contribution in [0.5, 0.6) is 0 Å². The van der Waals surface area contributed by atoms with Crippen LogP contribution < -0.4 is 11.5 Å². The molecule has 1 aromatic heterocycles. The van der Waals surface area contributed by atoms with Crippen LogP contribution in [0, 0.1) is 5.92 Å². The van der Waals surface area contributed by atoms with Gasteiger partial charge in [-0.1, -0.05) is 0 Å². The number of nitrogens with zero attached hydrogens (tertiary/aromatic N) is 1. The van der Waals surface area contributed by atoms with Gasteiger partial charge in [0.2, 0.25) is 5.89 Å². The monoisotopic (exact) mass is 407 g/mol. The van der Waals surface area contributed by atoms with E-state index in [0.717, 1.165) is 6.07 Å². The number of H-pyrrole nitrogens is 1. The minimum absolute atomic E-state index is 0. The van der Waals surface area contributed by atoms with Crippen LogP contribution in [0.25, 0.3) is 11.5 Å². The van der Waals surface area contributed by atoms with Gasteiger partial charge in [-0.3, -0.25) is 0 Å². The molecule has 2 aromatic rings. The molecular weight excluding hydrogens is 391 g/mol. The number of hydrogen-bond acceptors (Lipinski definition) is 6. The van der Waals surface area contributed by atoms with Crippen molar-refractivity contribution in [2.24, 2.45) is 11.7 Å².